The SMILES string of the molecule is CCC(=O)N1CCc2cc(C(=O)N(Cc3ccc(F)cc3)C3CC3)ccc21. The molecular formula is C22H23FN2O2. The van der Waals surface area contributed by atoms with E-state index in [1.807, 2.05) is 30.0 Å². The normalized spacial score (nSPS) is 15.6. The van der Waals surface area contributed by atoms with Crippen LogP contribution in [0.25, 0.3) is 0 Å². The fourth-order valence-electron chi connectivity index (χ4n) is 3.69. The topological polar surface area (TPSA) is 40.6 Å². The molecular weight excluding hydrogens is 343 g/mol. The minimum absolute atomic E-state index is 0.00453. The van der Waals surface area contributed by atoms with E-state index in [0.717, 1.165) is 36.1 Å². The van der Waals surface area contributed by atoms with Gasteiger partial charge in [-0.15, -0.1) is 0 Å². The van der Waals surface area contributed by atoms with Gasteiger partial charge in [0.25, 0.3) is 5.91 Å². The van der Waals surface area contributed by atoms with Crippen LogP contribution in [0.5, 0.6) is 0 Å². The third kappa shape index (κ3) is 3.59. The number of nitrogens with zero attached hydrogens (tertiary/aromatic N) is 2. The van der Waals surface area contributed by atoms with Gasteiger partial charge in [0.2, 0.25) is 5.91 Å². The summed E-state index contributed by atoms with van der Waals surface area (Å²) in [4.78, 5) is 28.9. The van der Waals surface area contributed by atoms with Gasteiger partial charge in [0.05, 0.1) is 0 Å². The van der Waals surface area contributed by atoms with E-state index < -0.39 is 0 Å². The molecule has 0 bridgehead atoms. The van der Waals surface area contributed by atoms with E-state index in [0.29, 0.717) is 25.1 Å². The van der Waals surface area contributed by atoms with Crippen LogP contribution in [0.4, 0.5) is 10.1 Å². The summed E-state index contributed by atoms with van der Waals surface area (Å²) in [5.74, 6) is -0.151. The second kappa shape index (κ2) is 7.14. The zero-order valence-corrected chi connectivity index (χ0v) is 15.5. The first-order valence-electron chi connectivity index (χ1n) is 9.55. The molecule has 0 spiro atoms. The molecule has 1 aliphatic heterocycles. The number of hydrogen-bond donors (Lipinski definition) is 0. The maximum Gasteiger partial charge on any atom is 0.254 e. The number of amides is 2. The lowest BCUT2D eigenvalue weighted by molar-refractivity contribution is -0.118. The number of fused-ring (bicyclic) bond motifs is 1. The van der Waals surface area contributed by atoms with Gasteiger partial charge in [-0.3, -0.25) is 9.59 Å². The molecule has 1 fully saturated rings. The van der Waals surface area contributed by atoms with Gasteiger partial charge in [-0.1, -0.05) is 19.1 Å². The Hall–Kier alpha value is -2.69. The van der Waals surface area contributed by atoms with Gasteiger partial charge in [0.15, 0.2) is 0 Å². The molecule has 4 rings (SSSR count). The highest BCUT2D eigenvalue weighted by Crippen LogP contribution is 2.33. The number of rotatable bonds is 5. The van der Waals surface area contributed by atoms with Crippen molar-refractivity contribution in [2.24, 2.45) is 0 Å². The third-order valence-corrected chi connectivity index (χ3v) is 5.34. The number of anilines is 1. The summed E-state index contributed by atoms with van der Waals surface area (Å²) in [5, 5.41) is 0. The van der Waals surface area contributed by atoms with Gasteiger partial charge in [0, 0.05) is 36.8 Å². The molecule has 2 aromatic rings. The van der Waals surface area contributed by atoms with E-state index in [1.165, 1.54) is 12.1 Å². The molecule has 5 heteroatoms. The highest BCUT2D eigenvalue weighted by molar-refractivity contribution is 5.98. The Balaban J connectivity index is 1.56. The quantitative estimate of drug-likeness (QED) is 0.804. The molecule has 1 saturated carbocycles. The number of hydrogen-bond acceptors (Lipinski definition) is 2. The lowest BCUT2D eigenvalue weighted by Crippen LogP contribution is -2.32. The smallest absolute Gasteiger partial charge is 0.254 e. The summed E-state index contributed by atoms with van der Waals surface area (Å²) in [6.45, 7) is 3.03. The lowest BCUT2D eigenvalue weighted by Gasteiger charge is -2.23. The van der Waals surface area contributed by atoms with Crippen molar-refractivity contribution in [1.82, 2.24) is 4.90 Å². The second-order valence-corrected chi connectivity index (χ2v) is 7.28. The van der Waals surface area contributed by atoms with Crippen molar-refractivity contribution in [3.63, 3.8) is 0 Å². The predicted octanol–water partition coefficient (Wildman–Crippen LogP) is 3.93. The Morgan fingerprint density at radius 1 is 1.15 bits per heavy atom. The fourth-order valence-corrected chi connectivity index (χ4v) is 3.69. The van der Waals surface area contributed by atoms with Crippen LogP contribution in [0, 0.1) is 5.82 Å². The van der Waals surface area contributed by atoms with Crippen molar-refractivity contribution < 1.29 is 14.0 Å². The molecule has 0 saturated heterocycles. The van der Waals surface area contributed by atoms with E-state index >= 15 is 0 Å². The molecule has 4 nitrogen and oxygen atoms in total. The average molecular weight is 366 g/mol. The van der Waals surface area contributed by atoms with Crippen molar-refractivity contribution in [2.75, 3.05) is 11.4 Å². The van der Waals surface area contributed by atoms with E-state index in [1.54, 1.807) is 17.0 Å². The van der Waals surface area contributed by atoms with Crippen LogP contribution in [-0.2, 0) is 17.8 Å². The van der Waals surface area contributed by atoms with Crippen molar-refractivity contribution >= 4 is 17.5 Å². The minimum Gasteiger partial charge on any atom is -0.331 e. The largest absolute Gasteiger partial charge is 0.331 e. The Morgan fingerprint density at radius 2 is 1.89 bits per heavy atom. The summed E-state index contributed by atoms with van der Waals surface area (Å²) in [7, 11) is 0. The number of benzene rings is 2. The molecule has 0 N–H and O–H groups in total. The molecule has 2 aromatic carbocycles. The summed E-state index contributed by atoms with van der Waals surface area (Å²) >= 11 is 0. The molecule has 0 atom stereocenters. The Morgan fingerprint density at radius 3 is 2.56 bits per heavy atom. The molecule has 2 aliphatic rings. The highest BCUT2D eigenvalue weighted by Gasteiger charge is 2.34. The molecule has 1 aliphatic carbocycles. The lowest BCUT2D eigenvalue weighted by atomic mass is 10.1. The van der Waals surface area contributed by atoms with Gasteiger partial charge in [-0.25, -0.2) is 4.39 Å². The maximum atomic E-state index is 13.2. The van der Waals surface area contributed by atoms with Crippen LogP contribution in [0.15, 0.2) is 42.5 Å². The minimum atomic E-state index is -0.271. The number of halogens is 1. The van der Waals surface area contributed by atoms with Gasteiger partial charge in [-0.05, 0) is 60.7 Å². The Labute approximate surface area is 158 Å². The van der Waals surface area contributed by atoms with Crippen LogP contribution < -0.4 is 4.90 Å². The van der Waals surface area contributed by atoms with Crippen LogP contribution in [0.2, 0.25) is 0 Å². The predicted molar refractivity (Wildman–Crippen MR) is 102 cm³/mol. The van der Waals surface area contributed by atoms with E-state index in [4.69, 9.17) is 0 Å². The highest BCUT2D eigenvalue weighted by atomic mass is 19.1. The van der Waals surface area contributed by atoms with E-state index in [-0.39, 0.29) is 23.7 Å². The maximum absolute atomic E-state index is 13.2. The molecule has 140 valence electrons. The molecule has 0 aromatic heterocycles. The number of carbonyl (C=O) groups is 2. The fraction of sp³-hybridized carbons (Fsp3) is 0.364. The van der Waals surface area contributed by atoms with E-state index in [9.17, 15) is 14.0 Å². The Kier molecular flexibility index (Phi) is 4.68. The summed E-state index contributed by atoms with van der Waals surface area (Å²) < 4.78 is 13.2. The average Bonchev–Trinajstić information content (AvgIpc) is 3.44. The van der Waals surface area contributed by atoms with E-state index in [2.05, 4.69) is 0 Å². The van der Waals surface area contributed by atoms with Crippen LogP contribution in [0.3, 0.4) is 0 Å². The van der Waals surface area contributed by atoms with Crippen LogP contribution >= 0.6 is 0 Å². The van der Waals surface area contributed by atoms with Gasteiger partial charge >= 0.3 is 0 Å². The van der Waals surface area contributed by atoms with Crippen molar-refractivity contribution in [3.8, 4) is 0 Å². The molecule has 0 unspecified atom stereocenters. The monoisotopic (exact) mass is 366 g/mol. The van der Waals surface area contributed by atoms with Gasteiger partial charge < -0.3 is 9.80 Å². The summed E-state index contributed by atoms with van der Waals surface area (Å²) in [6.07, 6.45) is 3.28. The summed E-state index contributed by atoms with van der Waals surface area (Å²) in [5.41, 5.74) is 3.57. The first-order chi connectivity index (χ1) is 13.1. The standard InChI is InChI=1S/C22H23FN2O2/c1-2-21(26)24-12-11-16-13-17(5-10-20(16)24)22(27)25(19-8-9-19)14-15-3-6-18(23)7-4-15/h3-7,10,13,19H,2,8-9,11-12,14H2,1H3. The van der Waals surface area contributed by atoms with Gasteiger partial charge in [0.1, 0.15) is 5.82 Å². The zero-order chi connectivity index (χ0) is 19.0. The second-order valence-electron chi connectivity index (χ2n) is 7.28. The first-order valence-corrected chi connectivity index (χ1v) is 9.55. The van der Waals surface area contributed by atoms with Crippen LogP contribution in [-0.4, -0.2) is 29.3 Å². The molecule has 27 heavy (non-hydrogen) atoms. The van der Waals surface area contributed by atoms with Crippen molar-refractivity contribution in [3.05, 3.63) is 65.0 Å². The van der Waals surface area contributed by atoms with Crippen LogP contribution in [0.1, 0.15) is 47.7 Å². The van der Waals surface area contributed by atoms with Crippen molar-refractivity contribution in [1.29, 1.82) is 0 Å². The molecule has 0 radical (unpaired) electrons. The third-order valence-electron chi connectivity index (χ3n) is 5.34. The zero-order valence-electron chi connectivity index (χ0n) is 15.5. The summed E-state index contributed by atoms with van der Waals surface area (Å²) in [6, 6.07) is 12.2. The molecule has 2 amide bonds. The van der Waals surface area contributed by atoms with Crippen molar-refractivity contribution in [2.45, 2.75) is 45.2 Å². The molecule has 1 heterocycles. The van der Waals surface area contributed by atoms with Gasteiger partial charge in [-0.2, -0.15) is 0 Å². The number of carbonyl (C=O) groups excluding carboxylic acids is 2. The Bertz CT molecular complexity index is 874. The first kappa shape index (κ1) is 17.7.